The van der Waals surface area contributed by atoms with Gasteiger partial charge in [0.2, 0.25) is 0 Å². The van der Waals surface area contributed by atoms with Crippen LogP contribution in [0, 0.1) is 30.2 Å². The second-order valence-electron chi connectivity index (χ2n) is 34.4. The number of piperidine rings is 3. The molecule has 4 amide bonds. The number of halogens is 6. The van der Waals surface area contributed by atoms with E-state index in [-0.39, 0.29) is 69.9 Å². The first-order chi connectivity index (χ1) is 65.2. The number of alkyl halides is 2. The van der Waals surface area contributed by atoms with Crippen LogP contribution < -0.4 is 35.5 Å². The summed E-state index contributed by atoms with van der Waals surface area (Å²) in [6.45, 7) is 10.3. The number of hydrogen-bond acceptors (Lipinski definition) is 20. The average Bonchev–Trinajstić information content (AvgIpc) is 1.65. The summed E-state index contributed by atoms with van der Waals surface area (Å²) in [4.78, 5) is 63.4. The standard InChI is InChI=1S/C25H27FN6O2.C24H23F3N6O2.C24H26FN7O.C24H25FN6O2/c1-15-21(14-27-32(15)3)19-12-20-23(13-22(19)26)29-30-24(20)25(33)28-16-4-6-17(7-5-16)34-18-8-10-31(2)11-9-18;1-32-8-6-17(7-9-32)35-16-4-2-15(3-5-16)29-23(34)22-19-10-18(20(25)11-21(19)30-31-22)14-12-28-33(13-14)24(26)27;1-30-7-9-32(10-8-30)14-16-3-5-18(6-4-16)27-24(33)23-20-11-19(17-13-26-31(2)15-17)21(25)12-22(20)28-29-23;1-30-9-7-18(8-10-30)33-17-5-3-16(4-6-17)27-24(32)23-20-11-19(15-13-26-31(2)14-15)21(25)12-22(20)28-29-23/h4-7,12-14,18H,8-11H2,1-3H3,(H,28,33)(H,29,30);2-5,10-13,17,24H,6-9H2,1H3,(H,29,34)(H,30,31);3-6,11-13,15H,7-10,14H2,1-2H3,(H,27,33)(H,28,29);3-6,11-14,18H,7-10H2,1-2H3,(H,27,32)(H,28,29). The summed E-state index contributed by atoms with van der Waals surface area (Å²) in [7, 11) is 13.8. The SMILES string of the molecule is CN1CCC(Oc2ccc(NC(=O)c3n[nH]c4cc(F)c(-c5cnn(C(F)F)c5)cc34)cc2)CC1.CN1CCC(Oc2ccc(NC(=O)c3n[nH]c4cc(F)c(-c5cnn(C)c5)cc34)cc2)CC1.CN1CCN(Cc2ccc(NC(=O)c3n[nH]c4cc(F)c(-c5cnn(C)c5)cc34)cc2)CC1.Cc1c(-c2cc3c(C(=O)Nc4ccc(OC5CCN(C)CC5)cc4)n[nH]c3cc2F)cnn1C. The predicted octanol–water partition coefficient (Wildman–Crippen LogP) is 15.8. The van der Waals surface area contributed by atoms with E-state index >= 15 is 0 Å². The van der Waals surface area contributed by atoms with Gasteiger partial charge in [0, 0.05) is 230 Å². The van der Waals surface area contributed by atoms with Crippen LogP contribution in [0.3, 0.4) is 0 Å². The maximum Gasteiger partial charge on any atom is 0.333 e. The van der Waals surface area contributed by atoms with Crippen molar-refractivity contribution in [2.24, 2.45) is 21.1 Å². The van der Waals surface area contributed by atoms with Crippen molar-refractivity contribution in [1.82, 2.24) is 104 Å². The van der Waals surface area contributed by atoms with Gasteiger partial charge in [0.05, 0.1) is 46.9 Å². The van der Waals surface area contributed by atoms with Crippen LogP contribution >= 0.6 is 0 Å². The number of carbonyl (C=O) groups excluding carboxylic acids is 4. The lowest BCUT2D eigenvalue weighted by Gasteiger charge is -2.32. The van der Waals surface area contributed by atoms with Gasteiger partial charge in [-0.2, -0.15) is 49.6 Å². The number of fused-ring (bicyclic) bond motifs is 4. The Morgan fingerprint density at radius 3 is 0.978 bits per heavy atom. The molecule has 0 atom stereocenters. The fourth-order valence-electron chi connectivity index (χ4n) is 16.6. The number of piperazine rings is 1. The Morgan fingerprint density at radius 2 is 0.674 bits per heavy atom. The number of ether oxygens (including phenoxy) is 3. The van der Waals surface area contributed by atoms with Crippen molar-refractivity contribution in [3.05, 3.63) is 246 Å². The molecule has 698 valence electrons. The molecule has 4 aliphatic rings. The number of aromatic nitrogens is 16. The van der Waals surface area contributed by atoms with Crippen LogP contribution in [0.4, 0.5) is 49.1 Å². The largest absolute Gasteiger partial charge is 0.490 e. The Kier molecular flexibility index (Phi) is 27.7. The van der Waals surface area contributed by atoms with Crippen LogP contribution in [0.1, 0.15) is 98.3 Å². The molecule has 0 radical (unpaired) electrons. The summed E-state index contributed by atoms with van der Waals surface area (Å²) < 4.78 is 108. The minimum atomic E-state index is -2.84. The van der Waals surface area contributed by atoms with Crippen molar-refractivity contribution in [3.8, 4) is 61.8 Å². The van der Waals surface area contributed by atoms with E-state index in [1.165, 1.54) is 35.9 Å². The maximum absolute atomic E-state index is 14.8. The number of benzene rings is 8. The summed E-state index contributed by atoms with van der Waals surface area (Å²) in [5.74, 6) is -1.18. The molecule has 0 unspecified atom stereocenters. The van der Waals surface area contributed by atoms with Crippen LogP contribution in [0.5, 0.6) is 17.2 Å². The number of hydrogen-bond donors (Lipinski definition) is 8. The average molecular weight is 1840 g/mol. The van der Waals surface area contributed by atoms with Crippen molar-refractivity contribution >= 4 is 90.0 Å². The second-order valence-corrected chi connectivity index (χ2v) is 34.4. The molecule has 20 rings (SSSR count). The van der Waals surface area contributed by atoms with E-state index in [4.69, 9.17) is 14.2 Å². The van der Waals surface area contributed by atoms with Crippen molar-refractivity contribution in [2.75, 3.05) is 115 Å². The molecule has 135 heavy (non-hydrogen) atoms. The highest BCUT2D eigenvalue weighted by molar-refractivity contribution is 6.15. The number of carbonyl (C=O) groups is 4. The Morgan fingerprint density at radius 1 is 0.370 bits per heavy atom. The molecule has 0 bridgehead atoms. The molecular formula is C97H101F6N25O7. The zero-order valence-electron chi connectivity index (χ0n) is 75.5. The minimum absolute atomic E-state index is 0.0373. The molecule has 0 aliphatic carbocycles. The van der Waals surface area contributed by atoms with E-state index in [1.54, 1.807) is 133 Å². The van der Waals surface area contributed by atoms with Gasteiger partial charge in [0.15, 0.2) is 22.8 Å². The molecule has 38 heteroatoms. The molecule has 16 aromatic rings. The first-order valence-electron chi connectivity index (χ1n) is 44.3. The van der Waals surface area contributed by atoms with E-state index in [1.807, 2.05) is 55.5 Å². The summed E-state index contributed by atoms with van der Waals surface area (Å²) in [5, 5.41) is 56.7. The van der Waals surface area contributed by atoms with Crippen molar-refractivity contribution < 1.29 is 59.7 Å². The highest BCUT2D eigenvalue weighted by Gasteiger charge is 2.28. The van der Waals surface area contributed by atoms with E-state index in [0.717, 1.165) is 146 Å². The first-order valence-corrected chi connectivity index (χ1v) is 44.3. The quantitative estimate of drug-likeness (QED) is 0.0310. The lowest BCUT2D eigenvalue weighted by molar-refractivity contribution is 0.0566. The lowest BCUT2D eigenvalue weighted by Crippen LogP contribution is -2.43. The predicted molar refractivity (Wildman–Crippen MR) is 502 cm³/mol. The number of likely N-dealkylation sites (N-methyl/N-ethyl adjacent to an activating group) is 1. The number of aryl methyl sites for hydroxylation is 3. The Balaban J connectivity index is 0.000000125. The second kappa shape index (κ2) is 40.7. The molecule has 4 aliphatic heterocycles. The first kappa shape index (κ1) is 92.0. The van der Waals surface area contributed by atoms with Gasteiger partial charge < -0.3 is 55.1 Å². The third kappa shape index (κ3) is 21.9. The van der Waals surface area contributed by atoms with Gasteiger partial charge in [0.25, 0.3) is 23.6 Å². The Bertz CT molecular complexity index is 6690. The monoisotopic (exact) mass is 1840 g/mol. The van der Waals surface area contributed by atoms with Crippen LogP contribution in [-0.4, -0.2) is 240 Å². The number of rotatable bonds is 21. The van der Waals surface area contributed by atoms with E-state index < -0.39 is 35.7 Å². The fraction of sp³-hybridized carbons (Fsp3) is 0.299. The Labute approximate surface area is 771 Å². The van der Waals surface area contributed by atoms with Gasteiger partial charge in [-0.25, -0.2) is 22.2 Å². The van der Waals surface area contributed by atoms with Crippen LogP contribution in [0.2, 0.25) is 0 Å². The summed E-state index contributed by atoms with van der Waals surface area (Å²) in [5.41, 5.74) is 10.1. The van der Waals surface area contributed by atoms with Gasteiger partial charge in [-0.3, -0.25) is 58.5 Å². The van der Waals surface area contributed by atoms with Crippen molar-refractivity contribution in [2.45, 2.75) is 76.9 Å². The van der Waals surface area contributed by atoms with Gasteiger partial charge in [-0.05, 0) is 188 Å². The highest BCUT2D eigenvalue weighted by Crippen LogP contribution is 2.37. The fourth-order valence-corrected chi connectivity index (χ4v) is 16.6. The molecule has 8 aromatic heterocycles. The summed E-state index contributed by atoms with van der Waals surface area (Å²) >= 11 is 0. The molecule has 4 saturated heterocycles. The van der Waals surface area contributed by atoms with E-state index in [0.29, 0.717) is 104 Å². The number of likely N-dealkylation sites (tertiary alicyclic amines) is 3. The molecular weight excluding hydrogens is 1740 g/mol. The number of nitrogens with zero attached hydrogens (tertiary/aromatic N) is 17. The van der Waals surface area contributed by atoms with Gasteiger partial charge in [-0.15, -0.1) is 0 Å². The summed E-state index contributed by atoms with van der Waals surface area (Å²) in [6.07, 6.45) is 17.0. The minimum Gasteiger partial charge on any atom is -0.490 e. The number of aromatic amines is 4. The molecule has 8 aromatic carbocycles. The summed E-state index contributed by atoms with van der Waals surface area (Å²) in [6, 6.07) is 41.1. The smallest absolute Gasteiger partial charge is 0.333 e. The third-order valence-corrected chi connectivity index (χ3v) is 24.6. The van der Waals surface area contributed by atoms with E-state index in [9.17, 15) is 45.5 Å². The normalized spacial score (nSPS) is 15.1. The van der Waals surface area contributed by atoms with Crippen LogP contribution in [-0.2, 0) is 27.7 Å². The van der Waals surface area contributed by atoms with Gasteiger partial charge in [-0.1, -0.05) is 12.1 Å². The molecule has 0 saturated carbocycles. The molecule has 12 heterocycles. The lowest BCUT2D eigenvalue weighted by atomic mass is 10.0. The van der Waals surface area contributed by atoms with Crippen molar-refractivity contribution in [3.63, 3.8) is 0 Å². The molecule has 4 fully saturated rings. The molecule has 32 nitrogen and oxygen atoms in total. The zero-order chi connectivity index (χ0) is 94.2. The van der Waals surface area contributed by atoms with Crippen LogP contribution in [0.15, 0.2) is 189 Å². The number of anilines is 4. The van der Waals surface area contributed by atoms with Gasteiger partial charge in [0.1, 0.15) is 58.8 Å². The van der Waals surface area contributed by atoms with Crippen LogP contribution in [0.25, 0.3) is 88.1 Å². The zero-order valence-corrected chi connectivity index (χ0v) is 75.5. The number of nitrogens with one attached hydrogen (secondary N) is 8. The topological polar surface area (TPSA) is 346 Å². The number of amides is 4. The maximum atomic E-state index is 14.8. The Hall–Kier alpha value is -14.9. The van der Waals surface area contributed by atoms with Crippen molar-refractivity contribution in [1.29, 1.82) is 0 Å². The number of H-pyrrole nitrogens is 4. The van der Waals surface area contributed by atoms with Gasteiger partial charge >= 0.3 is 6.55 Å². The highest BCUT2D eigenvalue weighted by atomic mass is 19.3. The molecule has 8 N–H and O–H groups in total. The van der Waals surface area contributed by atoms with E-state index in [2.05, 4.69) is 135 Å². The molecule has 0 spiro atoms. The third-order valence-electron chi connectivity index (χ3n) is 24.6.